The first kappa shape index (κ1) is 15.2. The van der Waals surface area contributed by atoms with Gasteiger partial charge in [0.05, 0.1) is 6.61 Å². The van der Waals surface area contributed by atoms with Gasteiger partial charge in [0, 0.05) is 11.1 Å². The van der Waals surface area contributed by atoms with E-state index in [4.69, 9.17) is 4.74 Å². The van der Waals surface area contributed by atoms with Crippen molar-refractivity contribution in [3.05, 3.63) is 33.8 Å². The van der Waals surface area contributed by atoms with E-state index in [2.05, 4.69) is 22.9 Å². The Morgan fingerprint density at radius 2 is 2.22 bits per heavy atom. The van der Waals surface area contributed by atoms with Gasteiger partial charge >= 0.3 is 5.97 Å². The average molecular weight is 315 g/mol. The number of aliphatic carboxylic acids is 1. The lowest BCUT2D eigenvalue weighted by atomic mass is 9.96. The molecule has 0 unspecified atom stereocenters. The van der Waals surface area contributed by atoms with Crippen LogP contribution in [0.1, 0.15) is 36.8 Å². The summed E-state index contributed by atoms with van der Waals surface area (Å²) in [5.74, 6) is -1.42. The number of rotatable bonds is 7. The van der Waals surface area contributed by atoms with Gasteiger partial charge < -0.3 is 9.84 Å². The number of ether oxygens (including phenoxy) is 1. The number of carbonyl (C=O) groups is 1. The lowest BCUT2D eigenvalue weighted by Gasteiger charge is -2.15. The number of carboxylic acid groups (broad SMARTS) is 1. The van der Waals surface area contributed by atoms with E-state index >= 15 is 0 Å². The zero-order valence-electron chi connectivity index (χ0n) is 10.8. The maximum atomic E-state index is 11.3. The second-order valence-electron chi connectivity index (χ2n) is 4.32. The molecular formula is C14H19BrO3. The largest absolute Gasteiger partial charge is 0.481 e. The first-order valence-corrected chi connectivity index (χ1v) is 6.92. The predicted octanol–water partition coefficient (Wildman–Crippen LogP) is 3.74. The molecule has 0 aromatic heterocycles. The maximum absolute atomic E-state index is 11.3. The molecule has 0 aliphatic rings. The quantitative estimate of drug-likeness (QED) is 0.780. The van der Waals surface area contributed by atoms with Crippen LogP contribution >= 0.6 is 15.9 Å². The van der Waals surface area contributed by atoms with Crippen molar-refractivity contribution in [1.29, 1.82) is 0 Å². The molecule has 3 nitrogen and oxygen atoms in total. The van der Waals surface area contributed by atoms with Gasteiger partial charge in [-0.1, -0.05) is 35.3 Å². The Morgan fingerprint density at radius 3 is 2.78 bits per heavy atom. The average Bonchev–Trinajstić information content (AvgIpc) is 2.30. The van der Waals surface area contributed by atoms with E-state index in [1.54, 1.807) is 0 Å². The van der Waals surface area contributed by atoms with Crippen molar-refractivity contribution in [3.63, 3.8) is 0 Å². The Kier molecular flexibility index (Phi) is 6.36. The Balaban J connectivity index is 2.75. The lowest BCUT2D eigenvalue weighted by Crippen LogP contribution is -2.19. The molecule has 0 aliphatic heterocycles. The van der Waals surface area contributed by atoms with Crippen LogP contribution in [0.3, 0.4) is 0 Å². The van der Waals surface area contributed by atoms with Crippen LogP contribution < -0.4 is 0 Å². The van der Waals surface area contributed by atoms with Gasteiger partial charge in [0.15, 0.2) is 0 Å². The summed E-state index contributed by atoms with van der Waals surface area (Å²) < 4.78 is 6.40. The van der Waals surface area contributed by atoms with Crippen LogP contribution in [0.5, 0.6) is 0 Å². The maximum Gasteiger partial charge on any atom is 0.313 e. The minimum Gasteiger partial charge on any atom is -0.481 e. The van der Waals surface area contributed by atoms with Crippen molar-refractivity contribution in [2.75, 3.05) is 13.2 Å². The third kappa shape index (κ3) is 4.42. The Morgan fingerprint density at radius 1 is 1.50 bits per heavy atom. The number of aryl methyl sites for hydroxylation is 1. The van der Waals surface area contributed by atoms with Gasteiger partial charge in [-0.05, 0) is 36.6 Å². The molecule has 4 heteroatoms. The topological polar surface area (TPSA) is 46.5 Å². The summed E-state index contributed by atoms with van der Waals surface area (Å²) >= 11 is 3.38. The summed E-state index contributed by atoms with van der Waals surface area (Å²) in [4.78, 5) is 11.3. The highest BCUT2D eigenvalue weighted by molar-refractivity contribution is 9.10. The summed E-state index contributed by atoms with van der Waals surface area (Å²) in [6, 6.07) is 5.64. The monoisotopic (exact) mass is 314 g/mol. The highest BCUT2D eigenvalue weighted by Crippen LogP contribution is 2.24. The fourth-order valence-corrected chi connectivity index (χ4v) is 2.25. The fourth-order valence-electron chi connectivity index (χ4n) is 1.77. The molecule has 100 valence electrons. The van der Waals surface area contributed by atoms with Crippen molar-refractivity contribution in [2.45, 2.75) is 32.6 Å². The molecular weight excluding hydrogens is 296 g/mol. The van der Waals surface area contributed by atoms with Gasteiger partial charge in [-0.25, -0.2) is 0 Å². The first-order chi connectivity index (χ1) is 8.56. The number of hydrogen-bond acceptors (Lipinski definition) is 2. The molecule has 1 N–H and O–H groups in total. The third-order valence-corrected chi connectivity index (χ3v) is 3.33. The van der Waals surface area contributed by atoms with Crippen LogP contribution in [0, 0.1) is 6.92 Å². The van der Waals surface area contributed by atoms with Crippen LogP contribution in [0.15, 0.2) is 22.7 Å². The molecule has 0 heterocycles. The van der Waals surface area contributed by atoms with Crippen molar-refractivity contribution < 1.29 is 14.6 Å². The summed E-state index contributed by atoms with van der Waals surface area (Å²) in [5, 5.41) is 9.29. The van der Waals surface area contributed by atoms with Crippen LogP contribution in [0.4, 0.5) is 0 Å². The number of benzene rings is 1. The first-order valence-electron chi connectivity index (χ1n) is 6.12. The minimum absolute atomic E-state index is 0.234. The van der Waals surface area contributed by atoms with Crippen molar-refractivity contribution in [2.24, 2.45) is 0 Å². The van der Waals surface area contributed by atoms with E-state index < -0.39 is 11.9 Å². The molecule has 0 amide bonds. The van der Waals surface area contributed by atoms with Gasteiger partial charge in [-0.15, -0.1) is 0 Å². The van der Waals surface area contributed by atoms with Crippen molar-refractivity contribution in [3.8, 4) is 0 Å². The van der Waals surface area contributed by atoms with E-state index in [1.165, 1.54) is 0 Å². The normalized spacial score (nSPS) is 12.4. The second-order valence-corrected chi connectivity index (χ2v) is 5.24. The molecule has 1 rings (SSSR count). The smallest absolute Gasteiger partial charge is 0.313 e. The van der Waals surface area contributed by atoms with Gasteiger partial charge in [0.1, 0.15) is 5.92 Å². The zero-order chi connectivity index (χ0) is 13.5. The van der Waals surface area contributed by atoms with Gasteiger partial charge in [0.2, 0.25) is 0 Å². The highest BCUT2D eigenvalue weighted by atomic mass is 79.9. The summed E-state index contributed by atoms with van der Waals surface area (Å²) in [7, 11) is 0. The summed E-state index contributed by atoms with van der Waals surface area (Å²) in [6.07, 6.45) is 2.01. The summed E-state index contributed by atoms with van der Waals surface area (Å²) in [6.45, 7) is 4.85. The molecule has 0 saturated heterocycles. The van der Waals surface area contributed by atoms with Crippen molar-refractivity contribution in [1.82, 2.24) is 0 Å². The van der Waals surface area contributed by atoms with Gasteiger partial charge in [-0.3, -0.25) is 4.79 Å². The number of halogens is 1. The lowest BCUT2D eigenvalue weighted by molar-refractivity contribution is -0.140. The summed E-state index contributed by atoms with van der Waals surface area (Å²) in [5.41, 5.74) is 1.79. The van der Waals surface area contributed by atoms with E-state index in [0.29, 0.717) is 6.61 Å². The molecule has 0 aliphatic carbocycles. The second kappa shape index (κ2) is 7.54. The standard InChI is InChI=1S/C14H19BrO3/c1-3-4-7-18-9-13(14(16)17)12-6-5-11(15)8-10(12)2/h5-6,8,13H,3-4,7,9H2,1-2H3,(H,16,17)/t13-/m0/s1. The predicted molar refractivity (Wildman–Crippen MR) is 75.0 cm³/mol. The zero-order valence-corrected chi connectivity index (χ0v) is 12.4. The van der Waals surface area contributed by atoms with E-state index in [9.17, 15) is 9.90 Å². The number of unbranched alkanes of at least 4 members (excludes halogenated alkanes) is 1. The third-order valence-electron chi connectivity index (χ3n) is 2.83. The van der Waals surface area contributed by atoms with Crippen LogP contribution in [-0.4, -0.2) is 24.3 Å². The van der Waals surface area contributed by atoms with Gasteiger partial charge in [0.25, 0.3) is 0 Å². The molecule has 0 fully saturated rings. The molecule has 0 saturated carbocycles. The van der Waals surface area contributed by atoms with E-state index in [-0.39, 0.29) is 6.61 Å². The van der Waals surface area contributed by atoms with Crippen molar-refractivity contribution >= 4 is 21.9 Å². The molecule has 1 atom stereocenters. The number of carboxylic acids is 1. The molecule has 0 radical (unpaired) electrons. The number of hydrogen-bond donors (Lipinski definition) is 1. The molecule has 0 bridgehead atoms. The van der Waals surface area contributed by atoms with Crippen LogP contribution in [0.2, 0.25) is 0 Å². The fraction of sp³-hybridized carbons (Fsp3) is 0.500. The Labute approximate surface area is 116 Å². The minimum atomic E-state index is -0.836. The van der Waals surface area contributed by atoms with Crippen LogP contribution in [0.25, 0.3) is 0 Å². The molecule has 0 spiro atoms. The SMILES string of the molecule is CCCCOC[C@H](C(=O)O)c1ccc(Br)cc1C. The Hall–Kier alpha value is -0.870. The van der Waals surface area contributed by atoms with E-state index in [1.807, 2.05) is 25.1 Å². The molecule has 1 aromatic rings. The molecule has 1 aromatic carbocycles. The Bertz CT molecular complexity index is 404. The highest BCUT2D eigenvalue weighted by Gasteiger charge is 2.21. The van der Waals surface area contributed by atoms with Crippen LogP contribution in [-0.2, 0) is 9.53 Å². The molecule has 18 heavy (non-hydrogen) atoms. The van der Waals surface area contributed by atoms with E-state index in [0.717, 1.165) is 28.4 Å². The van der Waals surface area contributed by atoms with Gasteiger partial charge in [-0.2, -0.15) is 0 Å².